The van der Waals surface area contributed by atoms with Gasteiger partial charge in [-0.25, -0.2) is 4.98 Å². The Bertz CT molecular complexity index is 773. The van der Waals surface area contributed by atoms with Crippen molar-refractivity contribution in [1.29, 1.82) is 0 Å². The van der Waals surface area contributed by atoms with Crippen LogP contribution in [-0.2, 0) is 23.9 Å². The zero-order valence-corrected chi connectivity index (χ0v) is 17.6. The van der Waals surface area contributed by atoms with Gasteiger partial charge in [0.2, 0.25) is 0 Å². The maximum absolute atomic E-state index is 12.1. The molecule has 0 aliphatic heterocycles. The van der Waals surface area contributed by atoms with Gasteiger partial charge in [-0.2, -0.15) is 0 Å². The summed E-state index contributed by atoms with van der Waals surface area (Å²) in [5.74, 6) is 1.57. The Kier molecular flexibility index (Phi) is 7.65. The zero-order chi connectivity index (χ0) is 19.8. The molecule has 1 aliphatic carbocycles. The van der Waals surface area contributed by atoms with Gasteiger partial charge in [-0.3, -0.25) is 9.20 Å². The summed E-state index contributed by atoms with van der Waals surface area (Å²) >= 11 is 0. The standard InChI is InChI=1S/C21H31N5OS/c1-3-28(27)20-6-4-5-19(13-20)25-21(22-2)24-14-17-7-9-18(10-8-17)15-26-12-11-23-16-26/h7-12,16,19-20H,3-6,13-15H2,1-2H3,(H2,22,24,25). The van der Waals surface area contributed by atoms with Crippen molar-refractivity contribution in [3.63, 3.8) is 0 Å². The van der Waals surface area contributed by atoms with E-state index in [1.807, 2.05) is 19.4 Å². The van der Waals surface area contributed by atoms with Crippen LogP contribution in [0.2, 0.25) is 0 Å². The number of rotatable bonds is 7. The number of nitrogens with zero attached hydrogens (tertiary/aromatic N) is 3. The van der Waals surface area contributed by atoms with Crippen LogP contribution in [0.25, 0.3) is 0 Å². The van der Waals surface area contributed by atoms with Crippen LogP contribution in [0.5, 0.6) is 0 Å². The molecule has 6 nitrogen and oxygen atoms in total. The summed E-state index contributed by atoms with van der Waals surface area (Å²) in [4.78, 5) is 8.44. The monoisotopic (exact) mass is 401 g/mol. The van der Waals surface area contributed by atoms with Gasteiger partial charge < -0.3 is 15.2 Å². The van der Waals surface area contributed by atoms with E-state index in [-0.39, 0.29) is 0 Å². The first kappa shape index (κ1) is 20.6. The summed E-state index contributed by atoms with van der Waals surface area (Å²) in [5, 5.41) is 7.24. The molecule has 1 fully saturated rings. The van der Waals surface area contributed by atoms with E-state index in [0.29, 0.717) is 11.3 Å². The molecule has 0 amide bonds. The Morgan fingerprint density at radius 3 is 2.75 bits per heavy atom. The first-order valence-corrected chi connectivity index (χ1v) is 11.4. The highest BCUT2D eigenvalue weighted by Crippen LogP contribution is 2.23. The fraction of sp³-hybridized carbons (Fsp3) is 0.524. The highest BCUT2D eigenvalue weighted by atomic mass is 32.2. The van der Waals surface area contributed by atoms with Crippen molar-refractivity contribution in [2.45, 2.75) is 57.0 Å². The molecule has 2 N–H and O–H groups in total. The minimum absolute atomic E-state index is 0.317. The second kappa shape index (κ2) is 10.4. The molecule has 0 saturated heterocycles. The number of guanidine groups is 1. The second-order valence-corrected chi connectivity index (χ2v) is 9.28. The summed E-state index contributed by atoms with van der Waals surface area (Å²) in [6, 6.07) is 8.94. The third-order valence-corrected chi connectivity index (χ3v) is 6.99. The molecule has 28 heavy (non-hydrogen) atoms. The number of benzene rings is 1. The summed E-state index contributed by atoms with van der Waals surface area (Å²) in [6.07, 6.45) is 9.88. The van der Waals surface area contributed by atoms with Crippen molar-refractivity contribution in [2.24, 2.45) is 4.99 Å². The number of imidazole rings is 1. The van der Waals surface area contributed by atoms with Crippen LogP contribution < -0.4 is 10.6 Å². The molecule has 2 aromatic rings. The summed E-state index contributed by atoms with van der Waals surface area (Å²) in [7, 11) is 1.09. The summed E-state index contributed by atoms with van der Waals surface area (Å²) in [5.41, 5.74) is 2.47. The van der Waals surface area contributed by atoms with Crippen molar-refractivity contribution < 1.29 is 4.21 Å². The van der Waals surface area contributed by atoms with Gasteiger partial charge in [-0.05, 0) is 30.4 Å². The van der Waals surface area contributed by atoms with E-state index in [4.69, 9.17) is 0 Å². The van der Waals surface area contributed by atoms with Gasteiger partial charge >= 0.3 is 0 Å². The lowest BCUT2D eigenvalue weighted by Crippen LogP contribution is -2.46. The number of hydrogen-bond donors (Lipinski definition) is 2. The van der Waals surface area contributed by atoms with Gasteiger partial charge in [0.1, 0.15) is 0 Å². The lowest BCUT2D eigenvalue weighted by atomic mass is 9.95. The molecule has 1 aromatic carbocycles. The van der Waals surface area contributed by atoms with E-state index in [1.54, 1.807) is 13.2 Å². The molecule has 3 unspecified atom stereocenters. The molecule has 1 aliphatic rings. The minimum atomic E-state index is -0.705. The topological polar surface area (TPSA) is 71.3 Å². The average Bonchev–Trinajstić information content (AvgIpc) is 3.24. The number of hydrogen-bond acceptors (Lipinski definition) is 3. The molecule has 152 valence electrons. The molecule has 3 atom stereocenters. The first-order valence-electron chi connectivity index (χ1n) is 10.1. The molecule has 0 bridgehead atoms. The van der Waals surface area contributed by atoms with Crippen LogP contribution in [0.4, 0.5) is 0 Å². The van der Waals surface area contributed by atoms with Crippen molar-refractivity contribution >= 4 is 16.8 Å². The largest absolute Gasteiger partial charge is 0.354 e. The van der Waals surface area contributed by atoms with Gasteiger partial charge in [0.15, 0.2) is 5.96 Å². The van der Waals surface area contributed by atoms with Crippen LogP contribution in [0.1, 0.15) is 43.7 Å². The van der Waals surface area contributed by atoms with E-state index in [0.717, 1.165) is 50.5 Å². The predicted octanol–water partition coefficient (Wildman–Crippen LogP) is 2.68. The van der Waals surface area contributed by atoms with E-state index in [9.17, 15) is 4.21 Å². The summed E-state index contributed by atoms with van der Waals surface area (Å²) < 4.78 is 14.2. The predicted molar refractivity (Wildman–Crippen MR) is 116 cm³/mol. The van der Waals surface area contributed by atoms with E-state index < -0.39 is 10.8 Å². The number of aromatic nitrogens is 2. The number of aliphatic imine (C=N–C) groups is 1. The van der Waals surface area contributed by atoms with Gasteiger partial charge in [-0.1, -0.05) is 37.6 Å². The Labute approximate surface area is 170 Å². The Morgan fingerprint density at radius 1 is 1.29 bits per heavy atom. The fourth-order valence-electron chi connectivity index (χ4n) is 3.68. The Morgan fingerprint density at radius 2 is 2.07 bits per heavy atom. The maximum Gasteiger partial charge on any atom is 0.191 e. The smallest absolute Gasteiger partial charge is 0.191 e. The molecule has 1 aromatic heterocycles. The van der Waals surface area contributed by atoms with Crippen molar-refractivity contribution in [1.82, 2.24) is 20.2 Å². The zero-order valence-electron chi connectivity index (χ0n) is 16.8. The SMILES string of the molecule is CCS(=O)C1CCCC(NC(=NC)NCc2ccc(Cn3ccnc3)cc2)C1. The quantitative estimate of drug-likeness (QED) is 0.553. The fourth-order valence-corrected chi connectivity index (χ4v) is 5.03. The Balaban J connectivity index is 1.48. The molecule has 0 radical (unpaired) electrons. The first-order chi connectivity index (χ1) is 13.7. The molecule has 0 spiro atoms. The van der Waals surface area contributed by atoms with Gasteiger partial charge in [0, 0.05) is 60.4 Å². The van der Waals surface area contributed by atoms with Gasteiger partial charge in [0.05, 0.1) is 6.33 Å². The highest BCUT2D eigenvalue weighted by Gasteiger charge is 2.25. The second-order valence-electron chi connectivity index (χ2n) is 7.28. The molecule has 3 rings (SSSR count). The van der Waals surface area contributed by atoms with Gasteiger partial charge in [0.25, 0.3) is 0 Å². The molecular formula is C21H31N5OS. The maximum atomic E-state index is 12.1. The lowest BCUT2D eigenvalue weighted by Gasteiger charge is -2.30. The number of nitrogens with one attached hydrogen (secondary N) is 2. The summed E-state index contributed by atoms with van der Waals surface area (Å²) in [6.45, 7) is 3.56. The third-order valence-electron chi connectivity index (χ3n) is 5.25. The van der Waals surface area contributed by atoms with Crippen LogP contribution >= 0.6 is 0 Å². The lowest BCUT2D eigenvalue weighted by molar-refractivity contribution is 0.413. The van der Waals surface area contributed by atoms with Crippen LogP contribution in [-0.4, -0.2) is 43.8 Å². The Hall–Kier alpha value is -2.15. The van der Waals surface area contributed by atoms with Crippen LogP contribution in [0.15, 0.2) is 48.0 Å². The van der Waals surface area contributed by atoms with Crippen molar-refractivity contribution in [3.05, 3.63) is 54.1 Å². The molecular weight excluding hydrogens is 370 g/mol. The van der Waals surface area contributed by atoms with Crippen LogP contribution in [0, 0.1) is 0 Å². The minimum Gasteiger partial charge on any atom is -0.354 e. The van der Waals surface area contributed by atoms with E-state index in [2.05, 4.69) is 49.4 Å². The molecule has 7 heteroatoms. The van der Waals surface area contributed by atoms with E-state index in [1.165, 1.54) is 11.1 Å². The van der Waals surface area contributed by atoms with Gasteiger partial charge in [-0.15, -0.1) is 0 Å². The van der Waals surface area contributed by atoms with Crippen molar-refractivity contribution in [3.8, 4) is 0 Å². The highest BCUT2D eigenvalue weighted by molar-refractivity contribution is 7.85. The van der Waals surface area contributed by atoms with Crippen LogP contribution in [0.3, 0.4) is 0 Å². The molecule has 1 saturated carbocycles. The average molecular weight is 402 g/mol. The van der Waals surface area contributed by atoms with Crippen molar-refractivity contribution in [2.75, 3.05) is 12.8 Å². The normalized spacial score (nSPS) is 21.3. The molecule has 1 heterocycles. The third kappa shape index (κ3) is 5.92. The van der Waals surface area contributed by atoms with E-state index >= 15 is 0 Å².